The largest absolute Gasteiger partial charge is 0.372 e. The van der Waals surface area contributed by atoms with E-state index in [9.17, 15) is 4.79 Å². The van der Waals surface area contributed by atoms with Crippen LogP contribution in [0.1, 0.15) is 22.5 Å². The topological polar surface area (TPSA) is 44.4 Å². The molecule has 1 aliphatic rings. The summed E-state index contributed by atoms with van der Waals surface area (Å²) in [5, 5.41) is 7.90. The van der Waals surface area contributed by atoms with E-state index in [1.165, 1.54) is 29.9 Å². The minimum atomic E-state index is -0.179. The lowest BCUT2D eigenvalue weighted by Gasteiger charge is -2.18. The Hall–Kier alpha value is -1.92. The Labute approximate surface area is 139 Å². The molecular weight excluding hydrogens is 314 g/mol. The summed E-state index contributed by atoms with van der Waals surface area (Å²) in [7, 11) is 0. The van der Waals surface area contributed by atoms with Crippen LogP contribution in [0.2, 0.25) is 0 Å². The molecule has 1 aliphatic heterocycles. The van der Waals surface area contributed by atoms with Gasteiger partial charge in [-0.2, -0.15) is 0 Å². The molecule has 1 fully saturated rings. The standard InChI is InChI=1S/C16H17N3OS2/c20-15(14-4-3-11-22-14)18-16(21)17-12-5-7-13(8-6-12)19-9-1-2-10-19/h3-8,11H,1-2,9-10H2,(H2,17,18,20,21). The van der Waals surface area contributed by atoms with Crippen molar-refractivity contribution >= 4 is 45.9 Å². The van der Waals surface area contributed by atoms with E-state index in [-0.39, 0.29) is 5.91 Å². The number of thiophene rings is 1. The second kappa shape index (κ2) is 6.89. The summed E-state index contributed by atoms with van der Waals surface area (Å²) in [5.74, 6) is -0.179. The lowest BCUT2D eigenvalue weighted by Crippen LogP contribution is -2.33. The highest BCUT2D eigenvalue weighted by atomic mass is 32.1. The Balaban J connectivity index is 1.56. The summed E-state index contributed by atoms with van der Waals surface area (Å²) in [6.07, 6.45) is 2.53. The molecule has 6 heteroatoms. The third-order valence-electron chi connectivity index (χ3n) is 3.57. The lowest BCUT2D eigenvalue weighted by molar-refractivity contribution is 0.0981. The molecule has 1 amide bonds. The maximum Gasteiger partial charge on any atom is 0.267 e. The minimum Gasteiger partial charge on any atom is -0.372 e. The number of hydrogen-bond donors (Lipinski definition) is 2. The van der Waals surface area contributed by atoms with Crippen LogP contribution < -0.4 is 15.5 Å². The van der Waals surface area contributed by atoms with Crippen molar-refractivity contribution in [1.82, 2.24) is 5.32 Å². The monoisotopic (exact) mass is 331 g/mol. The van der Waals surface area contributed by atoms with Crippen LogP contribution in [-0.4, -0.2) is 24.1 Å². The number of nitrogens with one attached hydrogen (secondary N) is 2. The molecule has 2 aromatic rings. The van der Waals surface area contributed by atoms with Crippen LogP contribution >= 0.6 is 23.6 Å². The van der Waals surface area contributed by atoms with Crippen LogP contribution in [0.3, 0.4) is 0 Å². The van der Waals surface area contributed by atoms with E-state index in [4.69, 9.17) is 12.2 Å². The third kappa shape index (κ3) is 3.64. The zero-order valence-electron chi connectivity index (χ0n) is 12.0. The molecule has 0 unspecified atom stereocenters. The van der Waals surface area contributed by atoms with Crippen LogP contribution in [0, 0.1) is 0 Å². The Morgan fingerprint density at radius 3 is 2.50 bits per heavy atom. The highest BCUT2D eigenvalue weighted by Gasteiger charge is 2.12. The highest BCUT2D eigenvalue weighted by molar-refractivity contribution is 7.80. The molecule has 0 saturated carbocycles. The second-order valence-corrected chi connectivity index (χ2v) is 6.48. The van der Waals surface area contributed by atoms with Crippen LogP contribution in [-0.2, 0) is 0 Å². The Morgan fingerprint density at radius 1 is 1.14 bits per heavy atom. The number of hydrogen-bond acceptors (Lipinski definition) is 4. The van der Waals surface area contributed by atoms with E-state index >= 15 is 0 Å². The number of amides is 1. The van der Waals surface area contributed by atoms with Gasteiger partial charge in [-0.05, 0) is 60.8 Å². The van der Waals surface area contributed by atoms with E-state index in [0.29, 0.717) is 9.99 Å². The number of anilines is 2. The van der Waals surface area contributed by atoms with Crippen LogP contribution in [0.4, 0.5) is 11.4 Å². The first-order valence-electron chi connectivity index (χ1n) is 7.23. The van der Waals surface area contributed by atoms with Gasteiger partial charge in [0.25, 0.3) is 5.91 Å². The van der Waals surface area contributed by atoms with Crippen molar-refractivity contribution < 1.29 is 4.79 Å². The van der Waals surface area contributed by atoms with Crippen molar-refractivity contribution in [3.05, 3.63) is 46.7 Å². The minimum absolute atomic E-state index is 0.179. The molecular formula is C16H17N3OS2. The molecule has 0 radical (unpaired) electrons. The second-order valence-electron chi connectivity index (χ2n) is 5.13. The molecule has 2 N–H and O–H groups in total. The van der Waals surface area contributed by atoms with Gasteiger partial charge >= 0.3 is 0 Å². The number of carbonyl (C=O) groups excluding carboxylic acids is 1. The van der Waals surface area contributed by atoms with Crippen molar-refractivity contribution in [3.63, 3.8) is 0 Å². The van der Waals surface area contributed by atoms with Gasteiger partial charge in [-0.25, -0.2) is 0 Å². The van der Waals surface area contributed by atoms with E-state index in [0.717, 1.165) is 18.8 Å². The molecule has 22 heavy (non-hydrogen) atoms. The summed E-state index contributed by atoms with van der Waals surface area (Å²) < 4.78 is 0. The zero-order valence-corrected chi connectivity index (χ0v) is 13.7. The maximum absolute atomic E-state index is 11.9. The SMILES string of the molecule is O=C(NC(=S)Nc1ccc(N2CCCC2)cc1)c1cccs1. The third-order valence-corrected chi connectivity index (χ3v) is 4.64. The first kappa shape index (κ1) is 15.0. The quantitative estimate of drug-likeness (QED) is 0.845. The Morgan fingerprint density at radius 2 is 1.86 bits per heavy atom. The van der Waals surface area contributed by atoms with Crippen LogP contribution in [0.5, 0.6) is 0 Å². The van der Waals surface area contributed by atoms with Crippen molar-refractivity contribution in [3.8, 4) is 0 Å². The molecule has 114 valence electrons. The molecule has 1 aromatic heterocycles. The molecule has 0 atom stereocenters. The summed E-state index contributed by atoms with van der Waals surface area (Å²) in [6.45, 7) is 2.25. The fraction of sp³-hybridized carbons (Fsp3) is 0.250. The van der Waals surface area contributed by atoms with Crippen molar-refractivity contribution in [1.29, 1.82) is 0 Å². The summed E-state index contributed by atoms with van der Waals surface area (Å²) in [5.41, 5.74) is 2.11. The van der Waals surface area contributed by atoms with Gasteiger partial charge in [0.2, 0.25) is 0 Å². The van der Waals surface area contributed by atoms with E-state index < -0.39 is 0 Å². The first-order chi connectivity index (χ1) is 10.7. The zero-order chi connectivity index (χ0) is 15.4. The van der Waals surface area contributed by atoms with Gasteiger partial charge < -0.3 is 10.2 Å². The number of thiocarbonyl (C=S) groups is 1. The number of nitrogens with zero attached hydrogens (tertiary/aromatic N) is 1. The van der Waals surface area contributed by atoms with E-state index in [1.807, 2.05) is 23.6 Å². The smallest absolute Gasteiger partial charge is 0.267 e. The molecule has 0 spiro atoms. The van der Waals surface area contributed by atoms with Gasteiger partial charge in [0.05, 0.1) is 4.88 Å². The van der Waals surface area contributed by atoms with Gasteiger partial charge in [-0.3, -0.25) is 10.1 Å². The van der Waals surface area contributed by atoms with Gasteiger partial charge in [0.15, 0.2) is 5.11 Å². The fourth-order valence-corrected chi connectivity index (χ4v) is 3.30. The first-order valence-corrected chi connectivity index (χ1v) is 8.52. The molecule has 1 aromatic carbocycles. The summed E-state index contributed by atoms with van der Waals surface area (Å²) >= 11 is 6.57. The average Bonchev–Trinajstić information content (AvgIpc) is 3.21. The Bertz CT molecular complexity index is 647. The summed E-state index contributed by atoms with van der Waals surface area (Å²) in [6, 6.07) is 11.7. The number of rotatable bonds is 3. The maximum atomic E-state index is 11.9. The molecule has 0 aliphatic carbocycles. The van der Waals surface area contributed by atoms with E-state index in [2.05, 4.69) is 27.7 Å². The number of carbonyl (C=O) groups is 1. The number of benzene rings is 1. The highest BCUT2D eigenvalue weighted by Crippen LogP contribution is 2.22. The summed E-state index contributed by atoms with van der Waals surface area (Å²) in [4.78, 5) is 14.9. The van der Waals surface area contributed by atoms with Crippen molar-refractivity contribution in [2.24, 2.45) is 0 Å². The van der Waals surface area contributed by atoms with Gasteiger partial charge in [-0.15, -0.1) is 11.3 Å². The fourth-order valence-electron chi connectivity index (χ4n) is 2.47. The van der Waals surface area contributed by atoms with Crippen LogP contribution in [0.25, 0.3) is 0 Å². The molecule has 1 saturated heterocycles. The molecule has 4 nitrogen and oxygen atoms in total. The normalized spacial score (nSPS) is 13.9. The molecule has 3 rings (SSSR count). The predicted molar refractivity (Wildman–Crippen MR) is 95.9 cm³/mol. The van der Waals surface area contributed by atoms with Crippen LogP contribution in [0.15, 0.2) is 41.8 Å². The molecule has 0 bridgehead atoms. The van der Waals surface area contributed by atoms with Crippen molar-refractivity contribution in [2.75, 3.05) is 23.3 Å². The van der Waals surface area contributed by atoms with Gasteiger partial charge in [-0.1, -0.05) is 6.07 Å². The molecule has 2 heterocycles. The van der Waals surface area contributed by atoms with Gasteiger partial charge in [0, 0.05) is 24.5 Å². The van der Waals surface area contributed by atoms with Gasteiger partial charge in [0.1, 0.15) is 0 Å². The lowest BCUT2D eigenvalue weighted by atomic mass is 10.2. The Kier molecular flexibility index (Phi) is 4.70. The van der Waals surface area contributed by atoms with Crippen molar-refractivity contribution in [2.45, 2.75) is 12.8 Å². The predicted octanol–water partition coefficient (Wildman–Crippen LogP) is 3.48. The van der Waals surface area contributed by atoms with E-state index in [1.54, 1.807) is 6.07 Å². The average molecular weight is 331 g/mol.